The van der Waals surface area contributed by atoms with E-state index in [0.29, 0.717) is 5.70 Å². The number of nitrogens with zero attached hydrogens (tertiary/aromatic N) is 1. The van der Waals surface area contributed by atoms with Crippen molar-refractivity contribution >= 4 is 29.6 Å². The Balaban J connectivity index is 2.37. The van der Waals surface area contributed by atoms with Crippen LogP contribution in [0.3, 0.4) is 0 Å². The highest BCUT2D eigenvalue weighted by Gasteiger charge is 2.27. The molecule has 1 aliphatic rings. The minimum atomic E-state index is -0.969. The van der Waals surface area contributed by atoms with Gasteiger partial charge in [0.05, 0.1) is 0 Å². The number of aliphatic carboxylic acids is 1. The van der Waals surface area contributed by atoms with Gasteiger partial charge in [0.1, 0.15) is 12.2 Å². The lowest BCUT2D eigenvalue weighted by molar-refractivity contribution is -0.136. The predicted molar refractivity (Wildman–Crippen MR) is 55.7 cm³/mol. The molecule has 0 bridgehead atoms. The van der Waals surface area contributed by atoms with Crippen molar-refractivity contribution in [2.45, 2.75) is 4.90 Å². The van der Waals surface area contributed by atoms with Crippen LogP contribution in [-0.2, 0) is 9.59 Å². The third kappa shape index (κ3) is 1.75. The first-order chi connectivity index (χ1) is 7.22. The summed E-state index contributed by atoms with van der Waals surface area (Å²) in [5.74, 6) is 0.815. The molecule has 0 amide bonds. The number of rotatable bonds is 2. The first-order valence-electron chi connectivity index (χ1n) is 4.24. The average molecular weight is 221 g/mol. The van der Waals surface area contributed by atoms with Crippen LogP contribution in [0, 0.1) is 0 Å². The van der Waals surface area contributed by atoms with Gasteiger partial charge in [0.15, 0.2) is 5.94 Å². The Bertz CT molecular complexity index is 465. The van der Waals surface area contributed by atoms with Gasteiger partial charge in [-0.25, -0.2) is 4.79 Å². The molecule has 0 atom stereocenters. The molecule has 0 saturated carbocycles. The molecule has 5 heteroatoms. The van der Waals surface area contributed by atoms with Crippen LogP contribution in [0.1, 0.15) is 5.56 Å². The van der Waals surface area contributed by atoms with E-state index in [4.69, 9.17) is 5.11 Å². The molecule has 15 heavy (non-hydrogen) atoms. The predicted octanol–water partition coefficient (Wildman–Crippen LogP) is 1.27. The van der Waals surface area contributed by atoms with Crippen LogP contribution in [0.2, 0.25) is 0 Å². The molecule has 0 fully saturated rings. The number of fused-ring (bicyclic) bond motifs is 1. The van der Waals surface area contributed by atoms with Gasteiger partial charge >= 0.3 is 5.97 Å². The Hall–Kier alpha value is -1.71. The molecule has 2 rings (SSSR count). The molecule has 0 radical (unpaired) electrons. The van der Waals surface area contributed by atoms with Gasteiger partial charge in [-0.3, -0.25) is 9.10 Å². The zero-order valence-corrected chi connectivity index (χ0v) is 8.45. The van der Waals surface area contributed by atoms with Crippen molar-refractivity contribution in [2.75, 3.05) is 6.54 Å². The normalized spacial score (nSPS) is 13.6. The Kier molecular flexibility index (Phi) is 2.49. The van der Waals surface area contributed by atoms with E-state index >= 15 is 0 Å². The van der Waals surface area contributed by atoms with Crippen molar-refractivity contribution in [3.8, 4) is 0 Å². The lowest BCUT2D eigenvalue weighted by atomic mass is 10.2. The Morgan fingerprint density at radius 1 is 1.47 bits per heavy atom. The van der Waals surface area contributed by atoms with Crippen LogP contribution >= 0.6 is 11.9 Å². The average Bonchev–Trinajstić information content (AvgIpc) is 2.53. The van der Waals surface area contributed by atoms with E-state index in [1.165, 1.54) is 16.3 Å². The van der Waals surface area contributed by atoms with E-state index in [1.807, 2.05) is 12.1 Å². The molecule has 1 heterocycles. The molecule has 4 nitrogen and oxygen atoms in total. The highest BCUT2D eigenvalue weighted by molar-refractivity contribution is 7.97. The molecule has 1 aliphatic heterocycles. The monoisotopic (exact) mass is 221 g/mol. The molecule has 0 spiro atoms. The number of carboxylic acid groups (broad SMARTS) is 1. The van der Waals surface area contributed by atoms with Crippen molar-refractivity contribution in [2.24, 2.45) is 0 Å². The Labute approximate surface area is 90.3 Å². The van der Waals surface area contributed by atoms with E-state index < -0.39 is 5.97 Å². The summed E-state index contributed by atoms with van der Waals surface area (Å²) < 4.78 is 1.43. The van der Waals surface area contributed by atoms with E-state index in [-0.39, 0.29) is 6.54 Å². The van der Waals surface area contributed by atoms with Crippen LogP contribution in [-0.4, -0.2) is 27.9 Å². The minimum absolute atomic E-state index is 0.204. The fraction of sp³-hybridized carbons (Fsp3) is 0.100. The summed E-state index contributed by atoms with van der Waals surface area (Å²) in [5, 5.41) is 8.67. The van der Waals surface area contributed by atoms with E-state index in [9.17, 15) is 9.59 Å². The van der Waals surface area contributed by atoms with Crippen molar-refractivity contribution in [3.05, 3.63) is 29.8 Å². The first kappa shape index (κ1) is 9.83. The molecular formula is C10H7NO3S. The number of carboxylic acids is 1. The standard InChI is InChI=1S/C10H7NO3S/c12-6-8-7-3-1-2-4-9(7)15-11(8)5-10(13)14/h1-4H,5H2,(H,13,14). The molecule has 76 valence electrons. The molecule has 0 aromatic heterocycles. The molecule has 0 unspecified atom stereocenters. The van der Waals surface area contributed by atoms with Crippen molar-refractivity contribution in [3.63, 3.8) is 0 Å². The van der Waals surface area contributed by atoms with Gasteiger partial charge in [-0.2, -0.15) is 0 Å². The Morgan fingerprint density at radius 2 is 2.20 bits per heavy atom. The van der Waals surface area contributed by atoms with Crippen LogP contribution in [0.4, 0.5) is 0 Å². The lowest BCUT2D eigenvalue weighted by Gasteiger charge is -2.11. The molecule has 0 saturated heterocycles. The van der Waals surface area contributed by atoms with E-state index in [2.05, 4.69) is 0 Å². The van der Waals surface area contributed by atoms with E-state index in [0.717, 1.165) is 10.5 Å². The Morgan fingerprint density at radius 3 is 2.87 bits per heavy atom. The van der Waals surface area contributed by atoms with Gasteiger partial charge in [0, 0.05) is 10.5 Å². The summed E-state index contributed by atoms with van der Waals surface area (Å²) in [6.45, 7) is -0.204. The summed E-state index contributed by atoms with van der Waals surface area (Å²) in [7, 11) is 0. The number of hydrogen-bond acceptors (Lipinski definition) is 4. The summed E-state index contributed by atoms with van der Waals surface area (Å²) in [6.07, 6.45) is 0. The molecule has 0 aliphatic carbocycles. The fourth-order valence-electron chi connectivity index (χ4n) is 1.38. The summed E-state index contributed by atoms with van der Waals surface area (Å²) >= 11 is 1.25. The zero-order chi connectivity index (χ0) is 10.8. The maximum absolute atomic E-state index is 10.8. The minimum Gasteiger partial charge on any atom is -0.480 e. The van der Waals surface area contributed by atoms with Crippen LogP contribution in [0.15, 0.2) is 29.2 Å². The summed E-state index contributed by atoms with van der Waals surface area (Å²) in [4.78, 5) is 22.2. The molecule has 1 aromatic carbocycles. The summed E-state index contributed by atoms with van der Waals surface area (Å²) in [6, 6.07) is 7.28. The van der Waals surface area contributed by atoms with Crippen molar-refractivity contribution in [1.29, 1.82) is 0 Å². The first-order valence-corrected chi connectivity index (χ1v) is 5.01. The van der Waals surface area contributed by atoms with Gasteiger partial charge in [0.25, 0.3) is 0 Å². The van der Waals surface area contributed by atoms with Crippen molar-refractivity contribution < 1.29 is 14.7 Å². The van der Waals surface area contributed by atoms with Gasteiger partial charge < -0.3 is 5.11 Å². The van der Waals surface area contributed by atoms with E-state index in [1.54, 1.807) is 18.1 Å². The topological polar surface area (TPSA) is 57.6 Å². The van der Waals surface area contributed by atoms with Crippen LogP contribution in [0.5, 0.6) is 0 Å². The second-order valence-corrected chi connectivity index (χ2v) is 4.03. The maximum atomic E-state index is 10.8. The third-order valence-corrected chi connectivity index (χ3v) is 3.06. The number of carbonyl (C=O) groups is 1. The molecule has 1 aromatic rings. The number of hydrogen-bond donors (Lipinski definition) is 1. The van der Waals surface area contributed by atoms with Gasteiger partial charge in [-0.05, 0) is 18.0 Å². The van der Waals surface area contributed by atoms with Gasteiger partial charge in [0.2, 0.25) is 0 Å². The zero-order valence-electron chi connectivity index (χ0n) is 7.64. The second-order valence-electron chi connectivity index (χ2n) is 2.97. The summed E-state index contributed by atoms with van der Waals surface area (Å²) in [5.41, 5.74) is 1.05. The second kappa shape index (κ2) is 3.81. The van der Waals surface area contributed by atoms with Gasteiger partial charge in [-0.1, -0.05) is 18.2 Å². The quantitative estimate of drug-likeness (QED) is 0.602. The van der Waals surface area contributed by atoms with Crippen molar-refractivity contribution in [1.82, 2.24) is 4.31 Å². The number of carbonyl (C=O) groups excluding carboxylic acids is 1. The fourth-order valence-corrected chi connectivity index (χ4v) is 2.42. The van der Waals surface area contributed by atoms with Crippen LogP contribution < -0.4 is 0 Å². The lowest BCUT2D eigenvalue weighted by Crippen LogP contribution is -2.19. The SMILES string of the molecule is O=C=C1c2ccccc2SN1CC(=O)O. The smallest absolute Gasteiger partial charge is 0.324 e. The molecular weight excluding hydrogens is 214 g/mol. The maximum Gasteiger partial charge on any atom is 0.324 e. The number of benzene rings is 1. The third-order valence-electron chi connectivity index (χ3n) is 1.98. The van der Waals surface area contributed by atoms with Crippen LogP contribution in [0.25, 0.3) is 5.70 Å². The highest BCUT2D eigenvalue weighted by atomic mass is 32.2. The highest BCUT2D eigenvalue weighted by Crippen LogP contribution is 2.41. The molecule has 1 N–H and O–H groups in total. The largest absolute Gasteiger partial charge is 0.480 e. The van der Waals surface area contributed by atoms with Gasteiger partial charge in [-0.15, -0.1) is 0 Å².